The number of rotatable bonds is 3. The quantitative estimate of drug-likeness (QED) is 0.556. The van der Waals surface area contributed by atoms with Crippen molar-refractivity contribution in [1.29, 1.82) is 0 Å². The summed E-state index contributed by atoms with van der Waals surface area (Å²) in [5, 5.41) is 16.3. The van der Waals surface area contributed by atoms with E-state index in [1.165, 1.54) is 10.9 Å². The fraction of sp³-hybridized carbons (Fsp3) is 0.556. The SMILES string of the molecule is O=C(Cn1cc(Cl)c([N+](=O)[O-])n1)N1CC[NH2+]CC1. The number of nitro groups is 1. The number of amides is 1. The van der Waals surface area contributed by atoms with Crippen molar-refractivity contribution in [2.45, 2.75) is 6.54 Å². The lowest BCUT2D eigenvalue weighted by Gasteiger charge is -2.24. The molecule has 0 saturated carbocycles. The van der Waals surface area contributed by atoms with Crippen molar-refractivity contribution in [2.75, 3.05) is 26.2 Å². The van der Waals surface area contributed by atoms with E-state index in [1.54, 1.807) is 4.90 Å². The van der Waals surface area contributed by atoms with Gasteiger partial charge in [-0.25, -0.2) is 0 Å². The van der Waals surface area contributed by atoms with Gasteiger partial charge in [0.15, 0.2) is 5.02 Å². The Bertz CT molecular complexity index is 469. The van der Waals surface area contributed by atoms with Crippen LogP contribution in [0.25, 0.3) is 0 Å². The number of aromatic nitrogens is 2. The zero-order valence-corrected chi connectivity index (χ0v) is 10.3. The molecule has 1 saturated heterocycles. The maximum Gasteiger partial charge on any atom is 0.408 e. The highest BCUT2D eigenvalue weighted by atomic mass is 35.5. The maximum absolute atomic E-state index is 11.9. The number of carbonyl (C=O) groups excluding carboxylic acids is 1. The Hall–Kier alpha value is -1.67. The van der Waals surface area contributed by atoms with Crippen LogP contribution in [0.1, 0.15) is 0 Å². The van der Waals surface area contributed by atoms with Gasteiger partial charge < -0.3 is 20.3 Å². The van der Waals surface area contributed by atoms with E-state index in [0.29, 0.717) is 13.1 Å². The monoisotopic (exact) mass is 274 g/mol. The van der Waals surface area contributed by atoms with Crippen molar-refractivity contribution >= 4 is 23.3 Å². The van der Waals surface area contributed by atoms with Crippen molar-refractivity contribution < 1.29 is 15.0 Å². The van der Waals surface area contributed by atoms with E-state index in [-0.39, 0.29) is 17.5 Å². The summed E-state index contributed by atoms with van der Waals surface area (Å²) in [7, 11) is 0. The second-order valence-corrected chi connectivity index (χ2v) is 4.41. The molecule has 2 rings (SSSR count). The van der Waals surface area contributed by atoms with Crippen molar-refractivity contribution in [3.05, 3.63) is 21.3 Å². The summed E-state index contributed by atoms with van der Waals surface area (Å²) in [6, 6.07) is 0. The molecule has 0 atom stereocenters. The number of hydrogen-bond acceptors (Lipinski definition) is 4. The predicted molar refractivity (Wildman–Crippen MR) is 62.1 cm³/mol. The van der Waals surface area contributed by atoms with Gasteiger partial charge in [-0.05, 0) is 4.92 Å². The molecule has 1 aliphatic heterocycles. The first kappa shape index (κ1) is 12.8. The first-order valence-electron chi connectivity index (χ1n) is 5.54. The highest BCUT2D eigenvalue weighted by molar-refractivity contribution is 6.32. The first-order chi connectivity index (χ1) is 8.58. The van der Waals surface area contributed by atoms with Crippen LogP contribution in [0.4, 0.5) is 5.82 Å². The Kier molecular flexibility index (Phi) is 3.78. The summed E-state index contributed by atoms with van der Waals surface area (Å²) in [5.41, 5.74) is 0. The van der Waals surface area contributed by atoms with Crippen molar-refractivity contribution in [3.63, 3.8) is 0 Å². The van der Waals surface area contributed by atoms with E-state index >= 15 is 0 Å². The standard InChI is InChI=1S/C9H12ClN5O3/c10-7-5-14(12-9(7)15(17)18)6-8(16)13-3-1-11-2-4-13/h5,11H,1-4,6H2/p+1. The van der Waals surface area contributed by atoms with Crippen LogP contribution in [0.2, 0.25) is 5.02 Å². The molecule has 18 heavy (non-hydrogen) atoms. The molecule has 0 radical (unpaired) electrons. The molecule has 1 aromatic heterocycles. The minimum Gasteiger partial charge on any atom is -0.358 e. The fourth-order valence-corrected chi connectivity index (χ4v) is 2.05. The summed E-state index contributed by atoms with van der Waals surface area (Å²) in [4.78, 5) is 23.5. The molecule has 1 fully saturated rings. The number of carbonyl (C=O) groups is 1. The highest BCUT2D eigenvalue weighted by Gasteiger charge is 2.23. The second kappa shape index (κ2) is 5.32. The molecule has 1 aliphatic rings. The van der Waals surface area contributed by atoms with Gasteiger partial charge in [-0.1, -0.05) is 11.6 Å². The Labute approximate surface area is 108 Å². The lowest BCUT2D eigenvalue weighted by Crippen LogP contribution is -2.90. The Morgan fingerprint density at radius 1 is 1.56 bits per heavy atom. The van der Waals surface area contributed by atoms with E-state index in [9.17, 15) is 14.9 Å². The number of hydrogen-bond donors (Lipinski definition) is 1. The minimum atomic E-state index is -0.667. The van der Waals surface area contributed by atoms with E-state index < -0.39 is 10.7 Å². The normalized spacial score (nSPS) is 15.7. The molecule has 1 amide bonds. The summed E-state index contributed by atoms with van der Waals surface area (Å²) in [6.45, 7) is 3.12. The van der Waals surface area contributed by atoms with Crippen LogP contribution in [0.5, 0.6) is 0 Å². The number of quaternary nitrogens is 1. The smallest absolute Gasteiger partial charge is 0.358 e. The van der Waals surface area contributed by atoms with Gasteiger partial charge in [0.25, 0.3) is 0 Å². The number of piperazine rings is 1. The van der Waals surface area contributed by atoms with Gasteiger partial charge in [0.1, 0.15) is 6.54 Å². The van der Waals surface area contributed by atoms with E-state index in [0.717, 1.165) is 13.1 Å². The van der Waals surface area contributed by atoms with Gasteiger partial charge in [-0.3, -0.25) is 4.79 Å². The summed E-state index contributed by atoms with van der Waals surface area (Å²) in [6.07, 6.45) is 1.30. The largest absolute Gasteiger partial charge is 0.408 e. The Balaban J connectivity index is 2.02. The van der Waals surface area contributed by atoms with Crippen LogP contribution in [0.15, 0.2) is 6.20 Å². The van der Waals surface area contributed by atoms with Gasteiger partial charge in [0.05, 0.1) is 37.5 Å². The van der Waals surface area contributed by atoms with Crippen LogP contribution < -0.4 is 5.32 Å². The molecule has 9 heteroatoms. The topological polar surface area (TPSA) is 97.9 Å². The number of halogens is 1. The zero-order chi connectivity index (χ0) is 13.1. The summed E-state index contributed by atoms with van der Waals surface area (Å²) >= 11 is 5.65. The molecule has 0 bridgehead atoms. The van der Waals surface area contributed by atoms with Crippen LogP contribution in [-0.2, 0) is 11.3 Å². The van der Waals surface area contributed by atoms with E-state index in [2.05, 4.69) is 10.4 Å². The molecule has 0 spiro atoms. The van der Waals surface area contributed by atoms with Crippen LogP contribution in [-0.4, -0.2) is 51.7 Å². The molecule has 0 unspecified atom stereocenters. The zero-order valence-electron chi connectivity index (χ0n) is 9.58. The third-order valence-corrected chi connectivity index (χ3v) is 2.99. The predicted octanol–water partition coefficient (Wildman–Crippen LogP) is -1.15. The molecular formula is C9H13ClN5O3+. The summed E-state index contributed by atoms with van der Waals surface area (Å²) < 4.78 is 1.21. The average Bonchev–Trinajstić information content (AvgIpc) is 2.71. The molecule has 0 aromatic carbocycles. The molecule has 2 heterocycles. The Morgan fingerprint density at radius 3 is 2.78 bits per heavy atom. The molecule has 2 N–H and O–H groups in total. The fourth-order valence-electron chi connectivity index (χ4n) is 1.83. The lowest BCUT2D eigenvalue weighted by atomic mass is 10.3. The van der Waals surface area contributed by atoms with Crippen LogP contribution >= 0.6 is 11.6 Å². The molecule has 1 aromatic rings. The molecule has 8 nitrogen and oxygen atoms in total. The second-order valence-electron chi connectivity index (χ2n) is 4.00. The average molecular weight is 275 g/mol. The Morgan fingerprint density at radius 2 is 2.22 bits per heavy atom. The van der Waals surface area contributed by atoms with Gasteiger partial charge in [-0.15, -0.1) is 0 Å². The minimum absolute atomic E-state index is 0.0203. The van der Waals surface area contributed by atoms with Gasteiger partial charge in [0.2, 0.25) is 5.91 Å². The van der Waals surface area contributed by atoms with Crippen molar-refractivity contribution in [3.8, 4) is 0 Å². The first-order valence-corrected chi connectivity index (χ1v) is 5.92. The number of nitrogens with two attached hydrogens (primary N) is 1. The molecule has 0 aliphatic carbocycles. The molecular weight excluding hydrogens is 262 g/mol. The highest BCUT2D eigenvalue weighted by Crippen LogP contribution is 2.21. The third-order valence-electron chi connectivity index (χ3n) is 2.73. The maximum atomic E-state index is 11.9. The van der Waals surface area contributed by atoms with Crippen LogP contribution in [0, 0.1) is 10.1 Å². The van der Waals surface area contributed by atoms with Gasteiger partial charge in [0, 0.05) is 0 Å². The number of nitrogens with zero attached hydrogens (tertiary/aromatic N) is 4. The van der Waals surface area contributed by atoms with Crippen molar-refractivity contribution in [1.82, 2.24) is 14.7 Å². The van der Waals surface area contributed by atoms with E-state index in [1.807, 2.05) is 0 Å². The van der Waals surface area contributed by atoms with Crippen LogP contribution in [0.3, 0.4) is 0 Å². The van der Waals surface area contributed by atoms with Crippen molar-refractivity contribution in [2.24, 2.45) is 0 Å². The lowest BCUT2D eigenvalue weighted by molar-refractivity contribution is -0.662. The van der Waals surface area contributed by atoms with Gasteiger partial charge >= 0.3 is 5.82 Å². The summed E-state index contributed by atoms with van der Waals surface area (Å²) in [5.74, 6) is -0.520. The molecule has 98 valence electrons. The van der Waals surface area contributed by atoms with Gasteiger partial charge in [-0.2, -0.15) is 4.68 Å². The van der Waals surface area contributed by atoms with E-state index in [4.69, 9.17) is 11.6 Å². The third kappa shape index (κ3) is 2.77.